The average molecular weight is 561 g/mol. The Morgan fingerprint density at radius 2 is 1.55 bits per heavy atom. The lowest BCUT2D eigenvalue weighted by Gasteiger charge is -2.19. The summed E-state index contributed by atoms with van der Waals surface area (Å²) >= 11 is 0. The summed E-state index contributed by atoms with van der Waals surface area (Å²) in [7, 11) is -2.28. The average Bonchev–Trinajstić information content (AvgIpc) is 2.98. The summed E-state index contributed by atoms with van der Waals surface area (Å²) in [4.78, 5) is 24.6. The number of hydrogen-bond acceptors (Lipinski definition) is 6. The SMILES string of the molecule is CN(c1ccc(C(=O)N/N=C\c2ccc(OCC(=O)Nc3ccc(F)cc3)cc2)cc1)S(=O)(=O)c1ccccc1. The molecule has 0 atom stereocenters. The van der Waals surface area contributed by atoms with Crippen LogP contribution in [0.3, 0.4) is 0 Å². The van der Waals surface area contributed by atoms with Gasteiger partial charge in [-0.25, -0.2) is 18.2 Å². The van der Waals surface area contributed by atoms with Crippen molar-refractivity contribution >= 4 is 39.4 Å². The van der Waals surface area contributed by atoms with Crippen LogP contribution >= 0.6 is 0 Å². The van der Waals surface area contributed by atoms with Crippen molar-refractivity contribution in [2.75, 3.05) is 23.3 Å². The Labute approximate surface area is 231 Å². The molecule has 0 aromatic heterocycles. The standard InChI is InChI=1S/C29H25FN4O5S/c1-34(40(37,38)27-5-3-2-4-6-27)25-15-9-22(10-16-25)29(36)33-31-19-21-7-17-26(18-8-21)39-20-28(35)32-24-13-11-23(30)12-14-24/h2-19H,20H2,1H3,(H,32,35)(H,33,36)/b31-19-. The lowest BCUT2D eigenvalue weighted by Crippen LogP contribution is -2.26. The van der Waals surface area contributed by atoms with Gasteiger partial charge in [0.1, 0.15) is 11.6 Å². The molecule has 2 amide bonds. The number of hydrazone groups is 1. The maximum Gasteiger partial charge on any atom is 0.271 e. The van der Waals surface area contributed by atoms with E-state index in [1.54, 1.807) is 42.5 Å². The molecule has 11 heteroatoms. The number of carbonyl (C=O) groups is 2. The molecule has 0 aliphatic carbocycles. The molecule has 2 N–H and O–H groups in total. The van der Waals surface area contributed by atoms with Crippen molar-refractivity contribution in [3.8, 4) is 5.75 Å². The molecule has 0 heterocycles. The van der Waals surface area contributed by atoms with Crippen LogP contribution in [-0.2, 0) is 14.8 Å². The van der Waals surface area contributed by atoms with Crippen LogP contribution in [0.4, 0.5) is 15.8 Å². The number of hydrogen-bond donors (Lipinski definition) is 2. The summed E-state index contributed by atoms with van der Waals surface area (Å²) in [5, 5.41) is 6.55. The molecule has 40 heavy (non-hydrogen) atoms. The summed E-state index contributed by atoms with van der Waals surface area (Å²) in [6.07, 6.45) is 1.44. The number of nitrogens with zero attached hydrogens (tertiary/aromatic N) is 2. The third kappa shape index (κ3) is 7.29. The van der Waals surface area contributed by atoms with Crippen molar-refractivity contribution in [3.63, 3.8) is 0 Å². The third-order valence-corrected chi connectivity index (χ3v) is 7.45. The van der Waals surface area contributed by atoms with Crippen molar-refractivity contribution in [2.24, 2.45) is 5.10 Å². The van der Waals surface area contributed by atoms with Gasteiger partial charge in [0.2, 0.25) is 0 Å². The molecule has 0 aliphatic heterocycles. The van der Waals surface area contributed by atoms with Crippen LogP contribution in [0.5, 0.6) is 5.75 Å². The fraction of sp³-hybridized carbons (Fsp3) is 0.0690. The van der Waals surface area contributed by atoms with Crippen molar-refractivity contribution in [2.45, 2.75) is 4.90 Å². The zero-order chi connectivity index (χ0) is 28.5. The van der Waals surface area contributed by atoms with Gasteiger partial charge in [-0.15, -0.1) is 0 Å². The van der Waals surface area contributed by atoms with Crippen molar-refractivity contribution in [3.05, 3.63) is 120 Å². The highest BCUT2D eigenvalue weighted by Crippen LogP contribution is 2.22. The van der Waals surface area contributed by atoms with Gasteiger partial charge in [-0.05, 0) is 90.5 Å². The fourth-order valence-corrected chi connectivity index (χ4v) is 4.69. The zero-order valence-corrected chi connectivity index (χ0v) is 22.1. The van der Waals surface area contributed by atoms with E-state index in [2.05, 4.69) is 15.8 Å². The first-order chi connectivity index (χ1) is 19.2. The van der Waals surface area contributed by atoms with Gasteiger partial charge in [-0.2, -0.15) is 5.10 Å². The predicted octanol–water partition coefficient (Wildman–Crippen LogP) is 4.43. The van der Waals surface area contributed by atoms with Crippen LogP contribution in [0, 0.1) is 5.82 Å². The van der Waals surface area contributed by atoms with Gasteiger partial charge < -0.3 is 10.1 Å². The Kier molecular flexibility index (Phi) is 8.87. The normalized spacial score (nSPS) is 11.2. The summed E-state index contributed by atoms with van der Waals surface area (Å²) in [6, 6.07) is 26.2. The van der Waals surface area contributed by atoms with Gasteiger partial charge in [-0.1, -0.05) is 18.2 Å². The monoisotopic (exact) mass is 560 g/mol. The second-order valence-corrected chi connectivity index (χ2v) is 10.4. The second-order valence-electron chi connectivity index (χ2n) is 8.44. The third-order valence-electron chi connectivity index (χ3n) is 5.65. The van der Waals surface area contributed by atoms with Gasteiger partial charge in [0.05, 0.1) is 16.8 Å². The number of sulfonamides is 1. The molecular weight excluding hydrogens is 535 g/mol. The lowest BCUT2D eigenvalue weighted by atomic mass is 10.2. The minimum absolute atomic E-state index is 0.167. The first-order valence-corrected chi connectivity index (χ1v) is 13.4. The number of ether oxygens (including phenoxy) is 1. The maximum absolute atomic E-state index is 13.0. The molecule has 0 spiro atoms. The molecule has 0 saturated heterocycles. The van der Waals surface area contributed by atoms with E-state index >= 15 is 0 Å². The largest absolute Gasteiger partial charge is 0.484 e. The molecule has 0 bridgehead atoms. The summed E-state index contributed by atoms with van der Waals surface area (Å²) < 4.78 is 45.1. The Morgan fingerprint density at radius 1 is 0.900 bits per heavy atom. The topological polar surface area (TPSA) is 117 Å². The van der Waals surface area contributed by atoms with Crippen molar-refractivity contribution in [1.82, 2.24) is 5.43 Å². The van der Waals surface area contributed by atoms with E-state index in [1.807, 2.05) is 0 Å². The van der Waals surface area contributed by atoms with Crippen LogP contribution in [0.25, 0.3) is 0 Å². The van der Waals surface area contributed by atoms with E-state index in [9.17, 15) is 22.4 Å². The summed E-state index contributed by atoms with van der Waals surface area (Å²) in [5.41, 5.74) is 4.26. The first-order valence-electron chi connectivity index (χ1n) is 12.0. The van der Waals surface area contributed by atoms with Crippen molar-refractivity contribution < 1.29 is 27.1 Å². The first kappa shape index (κ1) is 28.0. The van der Waals surface area contributed by atoms with Crippen LogP contribution in [-0.4, -0.2) is 40.1 Å². The van der Waals surface area contributed by atoms with Crippen LogP contribution < -0.4 is 19.8 Å². The Bertz CT molecular complexity index is 1590. The Morgan fingerprint density at radius 3 is 2.20 bits per heavy atom. The molecule has 0 fully saturated rings. The zero-order valence-electron chi connectivity index (χ0n) is 21.3. The highest BCUT2D eigenvalue weighted by molar-refractivity contribution is 7.92. The highest BCUT2D eigenvalue weighted by Gasteiger charge is 2.21. The van der Waals surface area contributed by atoms with Crippen LogP contribution in [0.15, 0.2) is 113 Å². The molecule has 0 aliphatic rings. The van der Waals surface area contributed by atoms with Crippen LogP contribution in [0.1, 0.15) is 15.9 Å². The van der Waals surface area contributed by atoms with Gasteiger partial charge in [-0.3, -0.25) is 13.9 Å². The van der Waals surface area contributed by atoms with Gasteiger partial charge in [0.15, 0.2) is 6.61 Å². The number of benzene rings is 4. The summed E-state index contributed by atoms with van der Waals surface area (Å²) in [6.45, 7) is -0.229. The van der Waals surface area contributed by atoms with E-state index in [0.717, 1.165) is 4.31 Å². The van der Waals surface area contributed by atoms with Crippen molar-refractivity contribution in [1.29, 1.82) is 0 Å². The smallest absolute Gasteiger partial charge is 0.271 e. The number of nitrogens with one attached hydrogen (secondary N) is 2. The highest BCUT2D eigenvalue weighted by atomic mass is 32.2. The van der Waals surface area contributed by atoms with Gasteiger partial charge in [0.25, 0.3) is 21.8 Å². The molecule has 4 rings (SSSR count). The molecule has 9 nitrogen and oxygen atoms in total. The number of anilines is 2. The number of rotatable bonds is 10. The second kappa shape index (κ2) is 12.7. The molecule has 204 valence electrons. The molecule has 0 saturated carbocycles. The molecule has 0 unspecified atom stereocenters. The maximum atomic E-state index is 13.0. The molecule has 4 aromatic rings. The quantitative estimate of drug-likeness (QED) is 0.220. The number of amides is 2. The van der Waals surface area contributed by atoms with E-state index < -0.39 is 27.7 Å². The summed E-state index contributed by atoms with van der Waals surface area (Å²) in [5.74, 6) is -0.801. The molecule has 0 radical (unpaired) electrons. The minimum atomic E-state index is -3.73. The lowest BCUT2D eigenvalue weighted by molar-refractivity contribution is -0.118. The predicted molar refractivity (Wildman–Crippen MR) is 150 cm³/mol. The van der Waals surface area contributed by atoms with Crippen LogP contribution in [0.2, 0.25) is 0 Å². The van der Waals surface area contributed by atoms with E-state index in [0.29, 0.717) is 28.3 Å². The van der Waals surface area contributed by atoms with E-state index in [1.165, 1.54) is 73.9 Å². The van der Waals surface area contributed by atoms with E-state index in [4.69, 9.17) is 4.74 Å². The van der Waals surface area contributed by atoms with Gasteiger partial charge in [0, 0.05) is 18.3 Å². The fourth-order valence-electron chi connectivity index (χ4n) is 3.47. The minimum Gasteiger partial charge on any atom is -0.484 e. The van der Waals surface area contributed by atoms with E-state index in [-0.39, 0.29) is 11.5 Å². The Balaban J connectivity index is 1.26. The molecular formula is C29H25FN4O5S. The number of carbonyl (C=O) groups excluding carboxylic acids is 2. The number of halogens is 1. The van der Waals surface area contributed by atoms with Gasteiger partial charge >= 0.3 is 0 Å². The molecule has 4 aromatic carbocycles. The Hall–Kier alpha value is -5.03.